The number of hydrogen-bond donors (Lipinski definition) is 4. The first-order chi connectivity index (χ1) is 13.4. The molecular formula is C19H24FN5O3. The lowest BCUT2D eigenvalue weighted by Gasteiger charge is -2.35. The number of H-pyrrole nitrogens is 1. The minimum absolute atomic E-state index is 0.0650. The van der Waals surface area contributed by atoms with Crippen LogP contribution in [0.3, 0.4) is 0 Å². The molecule has 28 heavy (non-hydrogen) atoms. The predicted molar refractivity (Wildman–Crippen MR) is 102 cm³/mol. The van der Waals surface area contributed by atoms with Crippen LogP contribution in [0.2, 0.25) is 0 Å². The largest absolute Gasteiger partial charge is 0.391 e. The molecule has 150 valence electrons. The van der Waals surface area contributed by atoms with Crippen molar-refractivity contribution in [3.05, 3.63) is 47.0 Å². The highest BCUT2D eigenvalue weighted by Gasteiger charge is 2.31. The van der Waals surface area contributed by atoms with Gasteiger partial charge in [0.25, 0.3) is 11.8 Å². The number of aromatic nitrogens is 2. The van der Waals surface area contributed by atoms with E-state index in [0.717, 1.165) is 17.3 Å². The number of benzene rings is 1. The van der Waals surface area contributed by atoms with Crippen LogP contribution in [0.5, 0.6) is 0 Å². The number of nitrogens with zero attached hydrogens (tertiary/aromatic N) is 2. The molecule has 1 fully saturated rings. The molecule has 1 aliphatic heterocycles. The van der Waals surface area contributed by atoms with Crippen molar-refractivity contribution in [3.8, 4) is 0 Å². The van der Waals surface area contributed by atoms with Crippen LogP contribution in [0.1, 0.15) is 39.8 Å². The Bertz CT molecular complexity index is 869. The van der Waals surface area contributed by atoms with Crippen molar-refractivity contribution < 1.29 is 19.1 Å². The summed E-state index contributed by atoms with van der Waals surface area (Å²) in [5, 5.41) is 21.9. The average Bonchev–Trinajstić information content (AvgIpc) is 3.08. The van der Waals surface area contributed by atoms with E-state index in [9.17, 15) is 19.1 Å². The number of aliphatic hydroxyl groups is 1. The molecule has 2 unspecified atom stereocenters. The van der Waals surface area contributed by atoms with Gasteiger partial charge in [-0.25, -0.2) is 0 Å². The Hall–Kier alpha value is -2.94. The Morgan fingerprint density at radius 3 is 2.82 bits per heavy atom. The first-order valence-corrected chi connectivity index (χ1v) is 9.21. The molecule has 0 radical (unpaired) electrons. The summed E-state index contributed by atoms with van der Waals surface area (Å²) in [6.45, 7) is 4.83. The number of aromatic amines is 1. The fourth-order valence-electron chi connectivity index (χ4n) is 3.37. The zero-order valence-corrected chi connectivity index (χ0v) is 15.8. The molecule has 1 aromatic carbocycles. The molecule has 2 amide bonds. The fraction of sp³-hybridized carbons (Fsp3) is 0.421. The normalized spacial score (nSPS) is 19.4. The topological polar surface area (TPSA) is 110 Å². The molecular weight excluding hydrogens is 365 g/mol. The third kappa shape index (κ3) is 4.48. The fourth-order valence-corrected chi connectivity index (χ4v) is 3.37. The van der Waals surface area contributed by atoms with Crippen LogP contribution in [0.4, 0.5) is 10.1 Å². The van der Waals surface area contributed by atoms with E-state index < -0.39 is 24.0 Å². The van der Waals surface area contributed by atoms with E-state index in [1.165, 1.54) is 4.90 Å². The van der Waals surface area contributed by atoms with Gasteiger partial charge >= 0.3 is 0 Å². The first-order valence-electron chi connectivity index (χ1n) is 9.21. The maximum atomic E-state index is 13.1. The molecule has 2 atom stereocenters. The van der Waals surface area contributed by atoms with E-state index in [2.05, 4.69) is 20.8 Å². The van der Waals surface area contributed by atoms with Crippen molar-refractivity contribution >= 4 is 17.5 Å². The summed E-state index contributed by atoms with van der Waals surface area (Å²) in [6, 6.07) is 6.14. The van der Waals surface area contributed by atoms with E-state index >= 15 is 0 Å². The van der Waals surface area contributed by atoms with Gasteiger partial charge in [-0.05, 0) is 32.4 Å². The molecule has 9 heteroatoms. The quantitative estimate of drug-likeness (QED) is 0.616. The third-order valence-electron chi connectivity index (χ3n) is 4.60. The number of likely N-dealkylation sites (tertiary alicyclic amines) is 1. The molecule has 1 aromatic heterocycles. The maximum absolute atomic E-state index is 13.1. The Labute approximate surface area is 162 Å². The van der Waals surface area contributed by atoms with Crippen molar-refractivity contribution in [2.24, 2.45) is 0 Å². The minimum Gasteiger partial charge on any atom is -0.391 e. The van der Waals surface area contributed by atoms with Gasteiger partial charge in [0, 0.05) is 37.4 Å². The number of piperidine rings is 1. The lowest BCUT2D eigenvalue weighted by Crippen LogP contribution is -2.54. The SMILES string of the molecule is CCNc1ccc(C)cc1C(=O)NC1CC(O)CN(C(=O)c2cc(F)[nH]n2)C1. The molecule has 2 heterocycles. The van der Waals surface area contributed by atoms with Crippen LogP contribution in [-0.4, -0.2) is 63.8 Å². The summed E-state index contributed by atoms with van der Waals surface area (Å²) < 4.78 is 13.1. The Kier molecular flexibility index (Phi) is 5.93. The van der Waals surface area contributed by atoms with Crippen molar-refractivity contribution in [1.29, 1.82) is 0 Å². The van der Waals surface area contributed by atoms with Gasteiger partial charge in [-0.15, -0.1) is 0 Å². The second-order valence-electron chi connectivity index (χ2n) is 6.95. The second-order valence-corrected chi connectivity index (χ2v) is 6.95. The van der Waals surface area contributed by atoms with Crippen molar-refractivity contribution in [3.63, 3.8) is 0 Å². The number of carbonyl (C=O) groups is 2. The molecule has 8 nitrogen and oxygen atoms in total. The molecule has 3 rings (SSSR count). The van der Waals surface area contributed by atoms with Gasteiger partial charge in [0.05, 0.1) is 11.7 Å². The van der Waals surface area contributed by atoms with Gasteiger partial charge in [-0.1, -0.05) is 11.6 Å². The molecule has 0 aliphatic carbocycles. The molecule has 0 spiro atoms. The van der Waals surface area contributed by atoms with Crippen LogP contribution in [0.15, 0.2) is 24.3 Å². The summed E-state index contributed by atoms with van der Waals surface area (Å²) in [5.74, 6) is -1.49. The van der Waals surface area contributed by atoms with E-state index in [1.807, 2.05) is 26.0 Å². The van der Waals surface area contributed by atoms with Gasteiger partial charge in [-0.3, -0.25) is 14.7 Å². The van der Waals surface area contributed by atoms with Crippen molar-refractivity contribution in [2.45, 2.75) is 32.4 Å². The van der Waals surface area contributed by atoms with E-state index in [0.29, 0.717) is 18.5 Å². The number of amides is 2. The molecule has 4 N–H and O–H groups in total. The van der Waals surface area contributed by atoms with E-state index in [1.54, 1.807) is 6.07 Å². The van der Waals surface area contributed by atoms with E-state index in [4.69, 9.17) is 0 Å². The number of β-amino-alcohol motifs (C(OH)–C–C–N with tert-alkyl or cyclic N) is 1. The standard InChI is InChI=1S/C19H24FN5O3/c1-3-21-15-5-4-11(2)6-14(15)18(27)22-12-7-13(26)10-25(9-12)19(28)16-8-17(20)24-23-16/h4-6,8,12-13,21,26H,3,7,9-10H2,1-2H3,(H,22,27)(H,23,24). The van der Waals surface area contributed by atoms with Gasteiger partial charge in [-0.2, -0.15) is 9.49 Å². The van der Waals surface area contributed by atoms with Crippen LogP contribution in [0, 0.1) is 12.9 Å². The summed E-state index contributed by atoms with van der Waals surface area (Å²) in [5.41, 5.74) is 2.12. The highest BCUT2D eigenvalue weighted by Crippen LogP contribution is 2.19. The lowest BCUT2D eigenvalue weighted by molar-refractivity contribution is 0.0367. The van der Waals surface area contributed by atoms with Gasteiger partial charge in [0.2, 0.25) is 5.95 Å². The number of hydrogen-bond acceptors (Lipinski definition) is 5. The van der Waals surface area contributed by atoms with Gasteiger partial charge in [0.15, 0.2) is 5.69 Å². The predicted octanol–water partition coefficient (Wildman–Crippen LogP) is 1.29. The average molecular weight is 389 g/mol. The minimum atomic E-state index is -0.794. The molecule has 0 saturated carbocycles. The number of nitrogens with one attached hydrogen (secondary N) is 3. The van der Waals surface area contributed by atoms with Crippen LogP contribution < -0.4 is 10.6 Å². The smallest absolute Gasteiger partial charge is 0.274 e. The molecule has 1 aliphatic rings. The van der Waals surface area contributed by atoms with Crippen LogP contribution in [-0.2, 0) is 0 Å². The van der Waals surface area contributed by atoms with Crippen molar-refractivity contribution in [2.75, 3.05) is 25.0 Å². The number of rotatable bonds is 5. The van der Waals surface area contributed by atoms with Crippen LogP contribution in [0.25, 0.3) is 0 Å². The number of aliphatic hydroxyl groups excluding tert-OH is 1. The second kappa shape index (κ2) is 8.39. The summed E-state index contributed by atoms with van der Waals surface area (Å²) in [4.78, 5) is 26.7. The van der Waals surface area contributed by atoms with E-state index in [-0.39, 0.29) is 24.7 Å². The summed E-state index contributed by atoms with van der Waals surface area (Å²) >= 11 is 0. The monoisotopic (exact) mass is 389 g/mol. The molecule has 2 aromatic rings. The van der Waals surface area contributed by atoms with Gasteiger partial charge < -0.3 is 20.6 Å². The number of anilines is 1. The number of aryl methyl sites for hydroxylation is 1. The lowest BCUT2D eigenvalue weighted by atomic mass is 10.0. The number of carbonyl (C=O) groups excluding carboxylic acids is 2. The molecule has 1 saturated heterocycles. The summed E-state index contributed by atoms with van der Waals surface area (Å²) in [6.07, 6.45) is -0.468. The Balaban J connectivity index is 1.72. The highest BCUT2D eigenvalue weighted by molar-refractivity contribution is 6.00. The van der Waals surface area contributed by atoms with Crippen molar-refractivity contribution in [1.82, 2.24) is 20.4 Å². The van der Waals surface area contributed by atoms with Crippen LogP contribution >= 0.6 is 0 Å². The van der Waals surface area contributed by atoms with Gasteiger partial charge in [0.1, 0.15) is 0 Å². The summed E-state index contributed by atoms with van der Waals surface area (Å²) in [7, 11) is 0. The molecule has 0 bridgehead atoms. The highest BCUT2D eigenvalue weighted by atomic mass is 19.1. The Morgan fingerprint density at radius 2 is 2.14 bits per heavy atom. The zero-order valence-electron chi connectivity index (χ0n) is 15.8. The Morgan fingerprint density at radius 1 is 1.36 bits per heavy atom. The maximum Gasteiger partial charge on any atom is 0.274 e. The number of halogens is 1. The first kappa shape index (κ1) is 19.8. The third-order valence-corrected chi connectivity index (χ3v) is 4.60. The zero-order chi connectivity index (χ0) is 20.3.